The molecule has 0 aliphatic carbocycles. The van der Waals surface area contributed by atoms with Gasteiger partial charge in [0.15, 0.2) is 0 Å². The van der Waals surface area contributed by atoms with E-state index in [0.717, 1.165) is 0 Å². The third-order valence-corrected chi connectivity index (χ3v) is 4.03. The molecule has 84 valence electrons. The van der Waals surface area contributed by atoms with Crippen LogP contribution in [0, 0.1) is 5.92 Å². The molecule has 1 unspecified atom stereocenters. The van der Waals surface area contributed by atoms with Gasteiger partial charge in [0.1, 0.15) is 5.78 Å². The van der Waals surface area contributed by atoms with E-state index in [9.17, 15) is 13.2 Å². The summed E-state index contributed by atoms with van der Waals surface area (Å²) in [6, 6.07) is 6.57. The second-order valence-corrected chi connectivity index (χ2v) is 5.35. The van der Waals surface area contributed by atoms with Crippen LogP contribution in [0.4, 0.5) is 0 Å². The van der Waals surface area contributed by atoms with Gasteiger partial charge in [-0.15, -0.1) is 0 Å². The molecular formula is C11H11NO3S. The van der Waals surface area contributed by atoms with Crippen LogP contribution in [-0.2, 0) is 14.8 Å². The number of carbonyl (C=O) groups excluding carboxylic acids is 1. The molecule has 0 spiro atoms. The Morgan fingerprint density at radius 2 is 1.94 bits per heavy atom. The first-order valence-corrected chi connectivity index (χ1v) is 6.32. The van der Waals surface area contributed by atoms with E-state index in [2.05, 4.69) is 4.40 Å². The highest BCUT2D eigenvalue weighted by molar-refractivity contribution is 7.90. The highest BCUT2D eigenvalue weighted by atomic mass is 32.2. The Kier molecular flexibility index (Phi) is 2.42. The van der Waals surface area contributed by atoms with E-state index in [1.54, 1.807) is 25.1 Å². The molecule has 0 saturated carbocycles. The summed E-state index contributed by atoms with van der Waals surface area (Å²) in [4.78, 5) is 11.5. The fourth-order valence-electron chi connectivity index (χ4n) is 1.64. The van der Waals surface area contributed by atoms with Gasteiger partial charge >= 0.3 is 0 Å². The van der Waals surface area contributed by atoms with Crippen molar-refractivity contribution in [2.24, 2.45) is 10.3 Å². The molecule has 0 saturated heterocycles. The van der Waals surface area contributed by atoms with Crippen molar-refractivity contribution in [1.82, 2.24) is 0 Å². The van der Waals surface area contributed by atoms with Gasteiger partial charge in [0.2, 0.25) is 0 Å². The van der Waals surface area contributed by atoms with Gasteiger partial charge in [0, 0.05) is 5.56 Å². The Hall–Kier alpha value is -1.49. The number of benzene rings is 1. The quantitative estimate of drug-likeness (QED) is 0.781. The van der Waals surface area contributed by atoms with Gasteiger partial charge < -0.3 is 0 Å². The molecule has 1 aliphatic heterocycles. The predicted molar refractivity (Wildman–Crippen MR) is 60.0 cm³/mol. The summed E-state index contributed by atoms with van der Waals surface area (Å²) < 4.78 is 27.1. The zero-order valence-electron chi connectivity index (χ0n) is 8.97. The number of hydrogen-bond donors (Lipinski definition) is 0. The summed E-state index contributed by atoms with van der Waals surface area (Å²) >= 11 is 0. The minimum atomic E-state index is -3.60. The lowest BCUT2D eigenvalue weighted by molar-refractivity contribution is -0.118. The van der Waals surface area contributed by atoms with Crippen LogP contribution in [0.3, 0.4) is 0 Å². The van der Waals surface area contributed by atoms with E-state index in [0.29, 0.717) is 11.3 Å². The molecule has 5 heteroatoms. The van der Waals surface area contributed by atoms with Crippen molar-refractivity contribution in [3.8, 4) is 0 Å². The Bertz CT molecular complexity index is 587. The van der Waals surface area contributed by atoms with Gasteiger partial charge in [0.05, 0.1) is 16.5 Å². The Morgan fingerprint density at radius 1 is 1.31 bits per heavy atom. The molecule has 1 aromatic rings. The third kappa shape index (κ3) is 1.57. The zero-order valence-corrected chi connectivity index (χ0v) is 9.78. The first-order valence-electron chi connectivity index (χ1n) is 4.88. The molecule has 0 aromatic heterocycles. The highest BCUT2D eigenvalue weighted by Gasteiger charge is 2.32. The molecule has 1 heterocycles. The Morgan fingerprint density at radius 3 is 2.56 bits per heavy atom. The topological polar surface area (TPSA) is 63.6 Å². The molecule has 0 radical (unpaired) electrons. The van der Waals surface area contributed by atoms with Crippen molar-refractivity contribution >= 4 is 21.5 Å². The van der Waals surface area contributed by atoms with Crippen LogP contribution in [-0.4, -0.2) is 19.9 Å². The average molecular weight is 237 g/mol. The van der Waals surface area contributed by atoms with Crippen molar-refractivity contribution < 1.29 is 13.2 Å². The van der Waals surface area contributed by atoms with Crippen LogP contribution in [0.1, 0.15) is 19.4 Å². The standard InChI is InChI=1S/C11H11NO3S/c1-7(8(2)13)11-9-5-3-4-6-10(9)16(14,15)12-11/h3-7H,1-2H3. The van der Waals surface area contributed by atoms with Gasteiger partial charge in [0.25, 0.3) is 10.0 Å². The van der Waals surface area contributed by atoms with Crippen LogP contribution < -0.4 is 0 Å². The molecule has 2 rings (SSSR count). The van der Waals surface area contributed by atoms with Gasteiger partial charge in [-0.3, -0.25) is 4.79 Å². The van der Waals surface area contributed by atoms with E-state index < -0.39 is 15.9 Å². The minimum Gasteiger partial charge on any atom is -0.299 e. The fourth-order valence-corrected chi connectivity index (χ4v) is 2.95. The first kappa shape index (κ1) is 11.0. The number of rotatable bonds is 2. The smallest absolute Gasteiger partial charge is 0.283 e. The van der Waals surface area contributed by atoms with Crippen LogP contribution in [0.5, 0.6) is 0 Å². The molecule has 4 nitrogen and oxygen atoms in total. The number of nitrogens with zero attached hydrogens (tertiary/aromatic N) is 1. The summed E-state index contributed by atoms with van der Waals surface area (Å²) in [7, 11) is -3.60. The average Bonchev–Trinajstić information content (AvgIpc) is 2.51. The maximum absolute atomic E-state index is 11.7. The maximum Gasteiger partial charge on any atom is 0.283 e. The molecule has 0 fully saturated rings. The molecule has 1 aliphatic rings. The van der Waals surface area contributed by atoms with Crippen molar-refractivity contribution in [2.45, 2.75) is 18.7 Å². The van der Waals surface area contributed by atoms with Gasteiger partial charge in [-0.05, 0) is 19.9 Å². The second kappa shape index (κ2) is 3.52. The fraction of sp³-hybridized carbons (Fsp3) is 0.273. The number of carbonyl (C=O) groups is 1. The molecule has 1 atom stereocenters. The van der Waals surface area contributed by atoms with Crippen LogP contribution in [0.25, 0.3) is 0 Å². The Balaban J connectivity index is 2.64. The van der Waals surface area contributed by atoms with E-state index in [1.807, 2.05) is 0 Å². The van der Waals surface area contributed by atoms with E-state index in [4.69, 9.17) is 0 Å². The first-order chi connectivity index (χ1) is 7.43. The second-order valence-electron chi connectivity index (χ2n) is 3.78. The van der Waals surface area contributed by atoms with Crippen molar-refractivity contribution in [3.63, 3.8) is 0 Å². The van der Waals surface area contributed by atoms with E-state index in [-0.39, 0.29) is 10.7 Å². The van der Waals surface area contributed by atoms with E-state index >= 15 is 0 Å². The summed E-state index contributed by atoms with van der Waals surface area (Å²) in [6.45, 7) is 3.10. The largest absolute Gasteiger partial charge is 0.299 e. The van der Waals surface area contributed by atoms with Crippen molar-refractivity contribution in [1.29, 1.82) is 0 Å². The number of sulfonamides is 1. The summed E-state index contributed by atoms with van der Waals surface area (Å²) in [5, 5.41) is 0. The minimum absolute atomic E-state index is 0.0920. The SMILES string of the molecule is CC(=O)C(C)C1=NS(=O)(=O)c2ccccc21. The van der Waals surface area contributed by atoms with Crippen LogP contribution >= 0.6 is 0 Å². The number of ketones is 1. The lowest BCUT2D eigenvalue weighted by atomic mass is 9.95. The summed E-state index contributed by atoms with van der Waals surface area (Å²) in [5.41, 5.74) is 0.897. The predicted octanol–water partition coefficient (Wildman–Crippen LogP) is 1.40. The Labute approximate surface area is 94.1 Å². The number of hydrogen-bond acceptors (Lipinski definition) is 3. The zero-order chi connectivity index (χ0) is 11.9. The van der Waals surface area contributed by atoms with Crippen molar-refractivity contribution in [2.75, 3.05) is 0 Å². The number of Topliss-reactive ketones (excluding diaryl/α,β-unsaturated/α-hetero) is 1. The van der Waals surface area contributed by atoms with Crippen molar-refractivity contribution in [3.05, 3.63) is 29.8 Å². The molecule has 16 heavy (non-hydrogen) atoms. The monoisotopic (exact) mass is 237 g/mol. The van der Waals surface area contributed by atoms with Crippen LogP contribution in [0.15, 0.2) is 33.6 Å². The summed E-state index contributed by atoms with van der Waals surface area (Å²) in [6.07, 6.45) is 0. The van der Waals surface area contributed by atoms with Crippen LogP contribution in [0.2, 0.25) is 0 Å². The molecule has 1 aromatic carbocycles. The molecule has 0 N–H and O–H groups in total. The lowest BCUT2D eigenvalue weighted by Crippen LogP contribution is -2.18. The molecule has 0 amide bonds. The van der Waals surface area contributed by atoms with Gasteiger partial charge in [-0.1, -0.05) is 18.2 Å². The van der Waals surface area contributed by atoms with Gasteiger partial charge in [-0.25, -0.2) is 0 Å². The van der Waals surface area contributed by atoms with E-state index in [1.165, 1.54) is 13.0 Å². The van der Waals surface area contributed by atoms with Gasteiger partial charge in [-0.2, -0.15) is 12.8 Å². The molecule has 0 bridgehead atoms. The normalized spacial score (nSPS) is 18.8. The number of fused-ring (bicyclic) bond motifs is 1. The third-order valence-electron chi connectivity index (χ3n) is 2.68. The lowest BCUT2D eigenvalue weighted by Gasteiger charge is -2.06. The highest BCUT2D eigenvalue weighted by Crippen LogP contribution is 2.29. The maximum atomic E-state index is 11.7. The summed E-state index contributed by atoms with van der Waals surface area (Å²) in [5.74, 6) is -0.580. The molecular weight excluding hydrogens is 226 g/mol.